The van der Waals surface area contributed by atoms with Gasteiger partial charge in [0.1, 0.15) is 0 Å². The van der Waals surface area contributed by atoms with E-state index in [1.165, 1.54) is 6.92 Å². The van der Waals surface area contributed by atoms with Gasteiger partial charge in [0.15, 0.2) is 0 Å². The maximum atomic E-state index is 12.1. The Labute approximate surface area is 109 Å². The largest absolute Gasteiger partial charge is 0.390 e. The fraction of sp³-hybridized carbons (Fsp3) is 0.0667. The van der Waals surface area contributed by atoms with Crippen molar-refractivity contribution >= 4 is 28.4 Å². The number of fused-ring (bicyclic) bond motifs is 3. The molecule has 0 bridgehead atoms. The van der Waals surface area contributed by atoms with Crippen LogP contribution in [0.5, 0.6) is 0 Å². The molecule has 3 aromatic rings. The monoisotopic (exact) mass is 253 g/mol. The maximum Gasteiger partial charge on any atom is 0.348 e. The lowest BCUT2D eigenvalue weighted by Crippen LogP contribution is -2.09. The summed E-state index contributed by atoms with van der Waals surface area (Å²) in [5.74, 6) is -1.22. The van der Waals surface area contributed by atoms with Gasteiger partial charge < -0.3 is 9.14 Å². The van der Waals surface area contributed by atoms with Crippen molar-refractivity contribution in [2.75, 3.05) is 0 Å². The van der Waals surface area contributed by atoms with Gasteiger partial charge >= 0.3 is 11.9 Å². The SMILES string of the molecule is CC(=O)OC(=O)c1c2ccccc2n2ccccc12. The number of hydrogen-bond acceptors (Lipinski definition) is 3. The van der Waals surface area contributed by atoms with E-state index < -0.39 is 11.9 Å². The maximum absolute atomic E-state index is 12.1. The van der Waals surface area contributed by atoms with Crippen LogP contribution >= 0.6 is 0 Å². The van der Waals surface area contributed by atoms with Gasteiger partial charge in [0.25, 0.3) is 0 Å². The van der Waals surface area contributed by atoms with Gasteiger partial charge in [0.05, 0.1) is 16.6 Å². The van der Waals surface area contributed by atoms with Crippen molar-refractivity contribution in [1.29, 1.82) is 0 Å². The van der Waals surface area contributed by atoms with Crippen molar-refractivity contribution in [3.63, 3.8) is 0 Å². The van der Waals surface area contributed by atoms with Gasteiger partial charge in [-0.25, -0.2) is 4.79 Å². The minimum Gasteiger partial charge on any atom is -0.390 e. The minimum absolute atomic E-state index is 0.423. The molecule has 0 radical (unpaired) electrons. The molecular weight excluding hydrogens is 242 g/mol. The first-order valence-corrected chi connectivity index (χ1v) is 5.89. The van der Waals surface area contributed by atoms with Crippen molar-refractivity contribution in [2.24, 2.45) is 0 Å². The van der Waals surface area contributed by atoms with Gasteiger partial charge in [-0.15, -0.1) is 0 Å². The van der Waals surface area contributed by atoms with Gasteiger partial charge in [-0.1, -0.05) is 24.3 Å². The number of esters is 2. The molecule has 0 aliphatic carbocycles. The van der Waals surface area contributed by atoms with Crippen molar-refractivity contribution in [3.05, 3.63) is 54.2 Å². The Morgan fingerprint density at radius 3 is 2.47 bits per heavy atom. The molecule has 0 amide bonds. The molecule has 2 aromatic heterocycles. The molecule has 0 aliphatic rings. The van der Waals surface area contributed by atoms with Crippen LogP contribution in [-0.2, 0) is 9.53 Å². The van der Waals surface area contributed by atoms with Crippen LogP contribution in [0.2, 0.25) is 0 Å². The second-order valence-electron chi connectivity index (χ2n) is 4.23. The lowest BCUT2D eigenvalue weighted by Gasteiger charge is -1.99. The van der Waals surface area contributed by atoms with E-state index in [4.69, 9.17) is 4.74 Å². The van der Waals surface area contributed by atoms with E-state index in [-0.39, 0.29) is 0 Å². The fourth-order valence-corrected chi connectivity index (χ4v) is 2.29. The lowest BCUT2D eigenvalue weighted by atomic mass is 10.1. The Hall–Kier alpha value is -2.62. The zero-order valence-corrected chi connectivity index (χ0v) is 10.3. The molecule has 3 rings (SSSR count). The van der Waals surface area contributed by atoms with Crippen LogP contribution in [0, 0.1) is 0 Å². The molecule has 4 heteroatoms. The first-order valence-electron chi connectivity index (χ1n) is 5.89. The number of para-hydroxylation sites is 1. The zero-order valence-electron chi connectivity index (χ0n) is 10.3. The topological polar surface area (TPSA) is 47.8 Å². The van der Waals surface area contributed by atoms with E-state index in [1.807, 2.05) is 53.1 Å². The lowest BCUT2D eigenvalue weighted by molar-refractivity contribution is -0.135. The highest BCUT2D eigenvalue weighted by molar-refractivity contribution is 6.13. The molecule has 0 saturated heterocycles. The quantitative estimate of drug-likeness (QED) is 0.495. The smallest absolute Gasteiger partial charge is 0.348 e. The average molecular weight is 253 g/mol. The van der Waals surface area contributed by atoms with Crippen LogP contribution < -0.4 is 0 Å². The summed E-state index contributed by atoms with van der Waals surface area (Å²) in [6.45, 7) is 1.22. The minimum atomic E-state index is -0.614. The molecule has 0 spiro atoms. The summed E-state index contributed by atoms with van der Waals surface area (Å²) >= 11 is 0. The third-order valence-corrected chi connectivity index (χ3v) is 2.99. The van der Waals surface area contributed by atoms with Gasteiger partial charge in [0, 0.05) is 18.5 Å². The number of rotatable bonds is 1. The normalized spacial score (nSPS) is 10.8. The number of carbonyl (C=O) groups excluding carboxylic acids is 2. The van der Waals surface area contributed by atoms with Gasteiger partial charge in [-0.2, -0.15) is 0 Å². The van der Waals surface area contributed by atoms with E-state index in [1.54, 1.807) is 0 Å². The summed E-state index contributed by atoms with van der Waals surface area (Å²) in [4.78, 5) is 23.1. The summed E-state index contributed by atoms with van der Waals surface area (Å²) in [6.07, 6.45) is 1.88. The predicted molar refractivity (Wildman–Crippen MR) is 71.0 cm³/mol. The number of aromatic nitrogens is 1. The van der Waals surface area contributed by atoms with Crippen molar-refractivity contribution in [3.8, 4) is 0 Å². The number of hydrogen-bond donors (Lipinski definition) is 0. The van der Waals surface area contributed by atoms with E-state index in [0.717, 1.165) is 16.4 Å². The Morgan fingerprint density at radius 1 is 1.00 bits per heavy atom. The molecule has 1 aromatic carbocycles. The first kappa shape index (κ1) is 11.5. The Morgan fingerprint density at radius 2 is 1.68 bits per heavy atom. The van der Waals surface area contributed by atoms with Crippen molar-refractivity contribution < 1.29 is 14.3 Å². The highest BCUT2D eigenvalue weighted by atomic mass is 16.6. The predicted octanol–water partition coefficient (Wildman–Crippen LogP) is 2.80. The van der Waals surface area contributed by atoms with Gasteiger partial charge in [-0.05, 0) is 18.2 Å². The second kappa shape index (κ2) is 4.24. The second-order valence-corrected chi connectivity index (χ2v) is 4.23. The van der Waals surface area contributed by atoms with Gasteiger partial charge in [0.2, 0.25) is 0 Å². The molecule has 2 heterocycles. The standard InChI is InChI=1S/C15H11NO3/c1-10(17)19-15(18)14-11-6-2-3-7-12(11)16-9-5-4-8-13(14)16/h2-9H,1H3. The van der Waals surface area contributed by atoms with E-state index in [9.17, 15) is 9.59 Å². The highest BCUT2D eigenvalue weighted by Crippen LogP contribution is 2.27. The Kier molecular flexibility index (Phi) is 2.56. The fourth-order valence-electron chi connectivity index (χ4n) is 2.29. The number of nitrogens with zero attached hydrogens (tertiary/aromatic N) is 1. The molecule has 0 aliphatic heterocycles. The number of pyridine rings is 1. The summed E-state index contributed by atoms with van der Waals surface area (Å²) in [7, 11) is 0. The molecule has 0 atom stereocenters. The summed E-state index contributed by atoms with van der Waals surface area (Å²) in [5, 5.41) is 0.778. The van der Waals surface area contributed by atoms with Gasteiger partial charge in [-0.3, -0.25) is 4.79 Å². The van der Waals surface area contributed by atoms with E-state index >= 15 is 0 Å². The van der Waals surface area contributed by atoms with E-state index in [0.29, 0.717) is 5.56 Å². The van der Waals surface area contributed by atoms with Crippen LogP contribution in [-0.4, -0.2) is 16.3 Å². The molecule has 0 saturated carbocycles. The molecule has 0 fully saturated rings. The highest BCUT2D eigenvalue weighted by Gasteiger charge is 2.19. The number of benzene rings is 1. The van der Waals surface area contributed by atoms with Crippen LogP contribution in [0.15, 0.2) is 48.7 Å². The summed E-state index contributed by atoms with van der Waals surface area (Å²) in [5.41, 5.74) is 2.06. The molecular formula is C15H11NO3. The molecule has 0 unspecified atom stereocenters. The van der Waals surface area contributed by atoms with Crippen LogP contribution in [0.25, 0.3) is 16.4 Å². The van der Waals surface area contributed by atoms with Crippen molar-refractivity contribution in [1.82, 2.24) is 4.40 Å². The number of carbonyl (C=O) groups is 2. The third kappa shape index (κ3) is 1.78. The summed E-state index contributed by atoms with van der Waals surface area (Å²) < 4.78 is 6.63. The first-order chi connectivity index (χ1) is 9.18. The third-order valence-electron chi connectivity index (χ3n) is 2.99. The van der Waals surface area contributed by atoms with E-state index in [2.05, 4.69) is 0 Å². The average Bonchev–Trinajstić information content (AvgIpc) is 2.72. The van der Waals surface area contributed by atoms with Crippen molar-refractivity contribution in [2.45, 2.75) is 6.92 Å². The molecule has 94 valence electrons. The van der Waals surface area contributed by atoms with Crippen LogP contribution in [0.3, 0.4) is 0 Å². The Balaban J connectivity index is 2.37. The summed E-state index contributed by atoms with van der Waals surface area (Å²) in [6, 6.07) is 13.1. The number of ether oxygens (including phenoxy) is 1. The Bertz CT molecular complexity index is 748. The molecule has 0 N–H and O–H groups in total. The molecule has 19 heavy (non-hydrogen) atoms. The van der Waals surface area contributed by atoms with Crippen LogP contribution in [0.4, 0.5) is 0 Å². The van der Waals surface area contributed by atoms with Crippen LogP contribution in [0.1, 0.15) is 17.3 Å². The zero-order chi connectivity index (χ0) is 13.4. The molecule has 4 nitrogen and oxygen atoms in total.